The molecule has 2 nitrogen and oxygen atoms in total. The topological polar surface area (TPSA) is 29.3 Å². The standard InChI is InChI=1S/C15H23FN2/c1-10-5-4-8-18(12(10)3)15-7-6-13(11(2)17)9-14(15)16/h6-7,9-12H,4-5,8,17H2,1-3H3. The Labute approximate surface area is 109 Å². The third kappa shape index (κ3) is 2.51. The van der Waals surface area contributed by atoms with Crippen LogP contribution in [0.15, 0.2) is 18.2 Å². The Morgan fingerprint density at radius 3 is 2.72 bits per heavy atom. The Balaban J connectivity index is 2.27. The lowest BCUT2D eigenvalue weighted by atomic mass is 9.91. The summed E-state index contributed by atoms with van der Waals surface area (Å²) < 4.78 is 14.2. The lowest BCUT2D eigenvalue weighted by Crippen LogP contribution is -2.42. The molecule has 1 saturated heterocycles. The lowest BCUT2D eigenvalue weighted by Gasteiger charge is -2.39. The van der Waals surface area contributed by atoms with Crippen LogP contribution in [0.1, 0.15) is 45.2 Å². The van der Waals surface area contributed by atoms with Gasteiger partial charge in [-0.2, -0.15) is 0 Å². The third-order valence-electron chi connectivity index (χ3n) is 4.18. The molecule has 1 aliphatic rings. The Bertz CT molecular complexity index is 417. The van der Waals surface area contributed by atoms with E-state index in [1.165, 1.54) is 6.42 Å². The van der Waals surface area contributed by atoms with E-state index >= 15 is 0 Å². The summed E-state index contributed by atoms with van der Waals surface area (Å²) in [4.78, 5) is 2.19. The van der Waals surface area contributed by atoms with Crippen LogP contribution in [0.25, 0.3) is 0 Å². The number of hydrogen-bond acceptors (Lipinski definition) is 2. The van der Waals surface area contributed by atoms with Crippen LogP contribution in [0.2, 0.25) is 0 Å². The smallest absolute Gasteiger partial charge is 0.146 e. The van der Waals surface area contributed by atoms with Gasteiger partial charge in [0.25, 0.3) is 0 Å². The van der Waals surface area contributed by atoms with Gasteiger partial charge in [-0.25, -0.2) is 4.39 Å². The van der Waals surface area contributed by atoms with Gasteiger partial charge >= 0.3 is 0 Å². The van der Waals surface area contributed by atoms with Gasteiger partial charge in [0.15, 0.2) is 0 Å². The molecule has 0 aliphatic carbocycles. The van der Waals surface area contributed by atoms with Crippen molar-refractivity contribution >= 4 is 5.69 Å². The van der Waals surface area contributed by atoms with E-state index in [9.17, 15) is 4.39 Å². The van der Waals surface area contributed by atoms with Crippen molar-refractivity contribution in [1.29, 1.82) is 0 Å². The molecule has 0 aromatic heterocycles. The molecule has 1 fully saturated rings. The molecule has 1 aromatic rings. The molecule has 1 aliphatic heterocycles. The van der Waals surface area contributed by atoms with E-state index in [1.54, 1.807) is 6.07 Å². The maximum absolute atomic E-state index is 14.2. The third-order valence-corrected chi connectivity index (χ3v) is 4.18. The van der Waals surface area contributed by atoms with E-state index < -0.39 is 0 Å². The van der Waals surface area contributed by atoms with Gasteiger partial charge in [0.1, 0.15) is 5.82 Å². The van der Waals surface area contributed by atoms with Gasteiger partial charge in [-0.1, -0.05) is 13.0 Å². The van der Waals surface area contributed by atoms with E-state index in [2.05, 4.69) is 18.7 Å². The van der Waals surface area contributed by atoms with Crippen LogP contribution in [-0.2, 0) is 0 Å². The molecule has 0 spiro atoms. The molecule has 18 heavy (non-hydrogen) atoms. The zero-order valence-corrected chi connectivity index (χ0v) is 11.5. The number of hydrogen-bond donors (Lipinski definition) is 1. The van der Waals surface area contributed by atoms with Crippen LogP contribution < -0.4 is 10.6 Å². The number of halogens is 1. The highest BCUT2D eigenvalue weighted by molar-refractivity contribution is 5.51. The highest BCUT2D eigenvalue weighted by atomic mass is 19.1. The average molecular weight is 250 g/mol. The maximum Gasteiger partial charge on any atom is 0.146 e. The van der Waals surface area contributed by atoms with Crippen molar-refractivity contribution in [3.05, 3.63) is 29.6 Å². The van der Waals surface area contributed by atoms with Crippen molar-refractivity contribution in [2.75, 3.05) is 11.4 Å². The Kier molecular flexibility index (Phi) is 3.91. The monoisotopic (exact) mass is 250 g/mol. The summed E-state index contributed by atoms with van der Waals surface area (Å²) in [6.45, 7) is 7.24. The van der Waals surface area contributed by atoms with E-state index in [-0.39, 0.29) is 11.9 Å². The average Bonchev–Trinajstić information content (AvgIpc) is 2.33. The predicted molar refractivity (Wildman–Crippen MR) is 74.2 cm³/mol. The van der Waals surface area contributed by atoms with Gasteiger partial charge in [-0.05, 0) is 50.3 Å². The van der Waals surface area contributed by atoms with Gasteiger partial charge in [0.05, 0.1) is 5.69 Å². The summed E-state index contributed by atoms with van der Waals surface area (Å²) >= 11 is 0. The Morgan fingerprint density at radius 1 is 1.39 bits per heavy atom. The first-order chi connectivity index (χ1) is 8.50. The van der Waals surface area contributed by atoms with E-state index in [1.807, 2.05) is 19.1 Å². The largest absolute Gasteiger partial charge is 0.366 e. The van der Waals surface area contributed by atoms with Crippen LogP contribution in [0.3, 0.4) is 0 Å². The van der Waals surface area contributed by atoms with Crippen LogP contribution >= 0.6 is 0 Å². The minimum absolute atomic E-state index is 0.119. The second-order valence-electron chi connectivity index (χ2n) is 5.55. The summed E-state index contributed by atoms with van der Waals surface area (Å²) in [5.41, 5.74) is 7.36. The molecule has 0 bridgehead atoms. The van der Waals surface area contributed by atoms with Crippen molar-refractivity contribution in [1.82, 2.24) is 0 Å². The molecule has 0 radical (unpaired) electrons. The molecule has 1 aromatic carbocycles. The van der Waals surface area contributed by atoms with Crippen molar-refractivity contribution in [2.24, 2.45) is 11.7 Å². The molecule has 3 heteroatoms. The number of piperidine rings is 1. The van der Waals surface area contributed by atoms with Gasteiger partial charge in [0, 0.05) is 18.6 Å². The van der Waals surface area contributed by atoms with Crippen molar-refractivity contribution in [3.63, 3.8) is 0 Å². The summed E-state index contributed by atoms with van der Waals surface area (Å²) in [7, 11) is 0. The Morgan fingerprint density at radius 2 is 2.11 bits per heavy atom. The van der Waals surface area contributed by atoms with Crippen LogP contribution in [0, 0.1) is 11.7 Å². The summed E-state index contributed by atoms with van der Waals surface area (Å²) in [6, 6.07) is 5.67. The molecule has 3 atom stereocenters. The predicted octanol–water partition coefficient (Wildman–Crippen LogP) is 3.47. The van der Waals surface area contributed by atoms with Crippen LogP contribution in [0.5, 0.6) is 0 Å². The fourth-order valence-corrected chi connectivity index (χ4v) is 2.71. The van der Waals surface area contributed by atoms with Gasteiger partial charge < -0.3 is 10.6 Å². The second kappa shape index (κ2) is 5.27. The Hall–Kier alpha value is -1.09. The second-order valence-corrected chi connectivity index (χ2v) is 5.55. The van der Waals surface area contributed by atoms with Gasteiger partial charge in [-0.3, -0.25) is 0 Å². The quantitative estimate of drug-likeness (QED) is 0.871. The summed E-state index contributed by atoms with van der Waals surface area (Å²) in [6.07, 6.45) is 2.37. The first-order valence-electron chi connectivity index (χ1n) is 6.82. The molecular formula is C15H23FN2. The fraction of sp³-hybridized carbons (Fsp3) is 0.600. The molecule has 0 saturated carbocycles. The number of rotatable bonds is 2. The number of nitrogens with zero attached hydrogens (tertiary/aromatic N) is 1. The van der Waals surface area contributed by atoms with E-state index in [0.29, 0.717) is 12.0 Å². The maximum atomic E-state index is 14.2. The molecule has 1 heterocycles. The van der Waals surface area contributed by atoms with Crippen LogP contribution in [-0.4, -0.2) is 12.6 Å². The lowest BCUT2D eigenvalue weighted by molar-refractivity contribution is 0.360. The summed E-state index contributed by atoms with van der Waals surface area (Å²) in [5.74, 6) is 0.469. The summed E-state index contributed by atoms with van der Waals surface area (Å²) in [5, 5.41) is 0. The first kappa shape index (κ1) is 13.3. The molecule has 2 rings (SSSR count). The molecule has 2 N–H and O–H groups in total. The van der Waals surface area contributed by atoms with E-state index in [4.69, 9.17) is 5.73 Å². The van der Waals surface area contributed by atoms with Crippen molar-refractivity contribution < 1.29 is 4.39 Å². The molecule has 100 valence electrons. The fourth-order valence-electron chi connectivity index (χ4n) is 2.71. The highest BCUT2D eigenvalue weighted by Crippen LogP contribution is 2.31. The number of nitrogens with two attached hydrogens (primary N) is 1. The first-order valence-corrected chi connectivity index (χ1v) is 6.82. The van der Waals surface area contributed by atoms with Gasteiger partial charge in [-0.15, -0.1) is 0 Å². The van der Waals surface area contributed by atoms with Crippen molar-refractivity contribution in [2.45, 2.75) is 45.7 Å². The van der Waals surface area contributed by atoms with E-state index in [0.717, 1.165) is 24.2 Å². The minimum Gasteiger partial charge on any atom is -0.366 e. The minimum atomic E-state index is -0.147. The van der Waals surface area contributed by atoms with Crippen molar-refractivity contribution in [3.8, 4) is 0 Å². The highest BCUT2D eigenvalue weighted by Gasteiger charge is 2.26. The molecular weight excluding hydrogens is 227 g/mol. The molecule has 3 unspecified atom stereocenters. The number of anilines is 1. The zero-order valence-electron chi connectivity index (χ0n) is 11.5. The molecule has 0 amide bonds. The SMILES string of the molecule is CC(N)c1ccc(N2CCCC(C)C2C)c(F)c1. The van der Waals surface area contributed by atoms with Crippen LogP contribution in [0.4, 0.5) is 10.1 Å². The zero-order chi connectivity index (χ0) is 13.3. The number of benzene rings is 1. The van der Waals surface area contributed by atoms with Gasteiger partial charge in [0.2, 0.25) is 0 Å². The normalized spacial score (nSPS) is 26.2.